The summed E-state index contributed by atoms with van der Waals surface area (Å²) in [6.07, 6.45) is 5.05. The summed E-state index contributed by atoms with van der Waals surface area (Å²) in [4.78, 5) is 2.40. The number of likely N-dealkylation sites (tertiary alicyclic amines) is 1. The van der Waals surface area contributed by atoms with Crippen LogP contribution in [0.1, 0.15) is 50.3 Å². The Morgan fingerprint density at radius 2 is 2.05 bits per heavy atom. The first kappa shape index (κ1) is 14.5. The van der Waals surface area contributed by atoms with Crippen LogP contribution in [0.2, 0.25) is 0 Å². The summed E-state index contributed by atoms with van der Waals surface area (Å²) in [5.74, 6) is 0. The van der Waals surface area contributed by atoms with Crippen LogP contribution in [0.3, 0.4) is 0 Å². The highest BCUT2D eigenvalue weighted by molar-refractivity contribution is 5.25. The monoisotopic (exact) mass is 260 g/mol. The highest BCUT2D eigenvalue weighted by Gasteiger charge is 2.20. The van der Waals surface area contributed by atoms with Crippen LogP contribution in [0.15, 0.2) is 24.3 Å². The minimum absolute atomic E-state index is 0.455. The molecule has 1 aromatic rings. The highest BCUT2D eigenvalue weighted by Crippen LogP contribution is 2.17. The third kappa shape index (κ3) is 4.32. The summed E-state index contributed by atoms with van der Waals surface area (Å²) in [6, 6.07) is 10.3. The van der Waals surface area contributed by atoms with Gasteiger partial charge in [-0.1, -0.05) is 37.6 Å². The van der Waals surface area contributed by atoms with Crippen molar-refractivity contribution in [3.63, 3.8) is 0 Å². The first-order valence-electron chi connectivity index (χ1n) is 7.72. The number of aryl methyl sites for hydroxylation is 1. The van der Waals surface area contributed by atoms with E-state index in [1.54, 1.807) is 0 Å². The summed E-state index contributed by atoms with van der Waals surface area (Å²) >= 11 is 0. The van der Waals surface area contributed by atoms with Gasteiger partial charge in [0.1, 0.15) is 0 Å². The molecule has 1 aromatic carbocycles. The van der Waals surface area contributed by atoms with Gasteiger partial charge >= 0.3 is 0 Å². The van der Waals surface area contributed by atoms with Gasteiger partial charge in [0.15, 0.2) is 0 Å². The van der Waals surface area contributed by atoms with E-state index in [2.05, 4.69) is 55.4 Å². The molecule has 1 saturated heterocycles. The summed E-state index contributed by atoms with van der Waals surface area (Å²) < 4.78 is 0. The number of benzene rings is 1. The average molecular weight is 260 g/mol. The summed E-state index contributed by atoms with van der Waals surface area (Å²) in [5.41, 5.74) is 2.88. The Hall–Kier alpha value is -0.860. The fourth-order valence-corrected chi connectivity index (χ4v) is 2.87. The van der Waals surface area contributed by atoms with Gasteiger partial charge in [-0.3, -0.25) is 0 Å². The second kappa shape index (κ2) is 7.06. The van der Waals surface area contributed by atoms with E-state index < -0.39 is 0 Å². The number of unbranched alkanes of at least 4 members (excludes halogenated alkanes) is 1. The second-order valence-electron chi connectivity index (χ2n) is 5.98. The topological polar surface area (TPSA) is 15.3 Å². The van der Waals surface area contributed by atoms with E-state index in [-0.39, 0.29) is 0 Å². The molecule has 2 atom stereocenters. The smallest absolute Gasteiger partial charge is 0.0294 e. The number of nitrogens with zero attached hydrogens (tertiary/aromatic N) is 1. The van der Waals surface area contributed by atoms with E-state index in [0.717, 1.165) is 0 Å². The molecule has 0 radical (unpaired) electrons. The second-order valence-corrected chi connectivity index (χ2v) is 5.98. The normalized spacial score (nSPS) is 21.7. The van der Waals surface area contributed by atoms with Crippen molar-refractivity contribution in [1.82, 2.24) is 10.2 Å². The Labute approximate surface area is 118 Å². The zero-order valence-electron chi connectivity index (χ0n) is 12.7. The van der Waals surface area contributed by atoms with Gasteiger partial charge in [0.25, 0.3) is 0 Å². The van der Waals surface area contributed by atoms with Crippen molar-refractivity contribution in [2.24, 2.45) is 0 Å². The zero-order valence-corrected chi connectivity index (χ0v) is 12.7. The molecule has 0 saturated carbocycles. The average Bonchev–Trinajstić information content (AvgIpc) is 2.82. The molecule has 2 unspecified atom stereocenters. The molecule has 2 rings (SSSR count). The Morgan fingerprint density at radius 1 is 1.32 bits per heavy atom. The molecule has 0 aromatic heterocycles. The van der Waals surface area contributed by atoms with Gasteiger partial charge in [0, 0.05) is 18.6 Å². The lowest BCUT2D eigenvalue weighted by molar-refractivity contribution is 0.387. The molecule has 1 aliphatic heterocycles. The lowest BCUT2D eigenvalue weighted by atomic mass is 10.0. The van der Waals surface area contributed by atoms with Crippen LogP contribution < -0.4 is 5.32 Å². The van der Waals surface area contributed by atoms with E-state index >= 15 is 0 Å². The van der Waals surface area contributed by atoms with Gasteiger partial charge in [-0.25, -0.2) is 0 Å². The Balaban J connectivity index is 1.86. The minimum Gasteiger partial charge on any atom is -0.306 e. The van der Waals surface area contributed by atoms with Crippen molar-refractivity contribution in [1.29, 1.82) is 0 Å². The maximum Gasteiger partial charge on any atom is 0.0294 e. The Kier molecular flexibility index (Phi) is 5.41. The number of hydrogen-bond donors (Lipinski definition) is 1. The van der Waals surface area contributed by atoms with E-state index in [1.807, 2.05) is 0 Å². The molecule has 1 N–H and O–H groups in total. The van der Waals surface area contributed by atoms with Gasteiger partial charge in [-0.05, 0) is 50.9 Å². The summed E-state index contributed by atoms with van der Waals surface area (Å²) in [7, 11) is 2.20. The Morgan fingerprint density at radius 3 is 2.63 bits per heavy atom. The first-order valence-corrected chi connectivity index (χ1v) is 7.72. The fraction of sp³-hybridized carbons (Fsp3) is 0.647. The molecular weight excluding hydrogens is 232 g/mol. The zero-order chi connectivity index (χ0) is 13.7. The molecule has 2 heteroatoms. The fourth-order valence-electron chi connectivity index (χ4n) is 2.87. The van der Waals surface area contributed by atoms with Crippen LogP contribution in [-0.4, -0.2) is 31.1 Å². The Bertz CT molecular complexity index is 371. The van der Waals surface area contributed by atoms with Gasteiger partial charge in [0.05, 0.1) is 0 Å². The lowest BCUT2D eigenvalue weighted by Gasteiger charge is -2.20. The maximum absolute atomic E-state index is 3.75. The predicted octanol–water partition coefficient (Wildman–Crippen LogP) is 3.38. The standard InChI is InChI=1S/C17H28N2/c1-4-5-6-15-7-9-16(10-8-15)14(2)18-17-11-12-19(3)13-17/h7-10,14,17-18H,4-6,11-13H2,1-3H3. The molecule has 0 bridgehead atoms. The highest BCUT2D eigenvalue weighted by atomic mass is 15.2. The third-order valence-corrected chi connectivity index (χ3v) is 4.18. The maximum atomic E-state index is 3.75. The van der Waals surface area contributed by atoms with Gasteiger partial charge in [0.2, 0.25) is 0 Å². The van der Waals surface area contributed by atoms with E-state index in [9.17, 15) is 0 Å². The largest absolute Gasteiger partial charge is 0.306 e. The van der Waals surface area contributed by atoms with Crippen molar-refractivity contribution in [3.05, 3.63) is 35.4 Å². The van der Waals surface area contributed by atoms with Crippen LogP contribution >= 0.6 is 0 Å². The van der Waals surface area contributed by atoms with E-state index in [0.29, 0.717) is 12.1 Å². The first-order chi connectivity index (χ1) is 9.19. The van der Waals surface area contributed by atoms with E-state index in [4.69, 9.17) is 0 Å². The van der Waals surface area contributed by atoms with Crippen molar-refractivity contribution >= 4 is 0 Å². The quantitative estimate of drug-likeness (QED) is 0.843. The molecule has 106 valence electrons. The number of likely N-dealkylation sites (N-methyl/N-ethyl adjacent to an activating group) is 1. The third-order valence-electron chi connectivity index (χ3n) is 4.18. The van der Waals surface area contributed by atoms with Gasteiger partial charge in [-0.15, -0.1) is 0 Å². The molecule has 1 fully saturated rings. The molecular formula is C17H28N2. The minimum atomic E-state index is 0.455. The van der Waals surface area contributed by atoms with Crippen LogP contribution in [0.5, 0.6) is 0 Å². The molecule has 0 spiro atoms. The molecule has 19 heavy (non-hydrogen) atoms. The SMILES string of the molecule is CCCCc1ccc(C(C)NC2CCN(C)C2)cc1. The van der Waals surface area contributed by atoms with Crippen LogP contribution in [0.4, 0.5) is 0 Å². The lowest BCUT2D eigenvalue weighted by Crippen LogP contribution is -2.33. The van der Waals surface area contributed by atoms with Crippen LogP contribution in [-0.2, 0) is 6.42 Å². The predicted molar refractivity (Wildman–Crippen MR) is 82.5 cm³/mol. The van der Waals surface area contributed by atoms with Crippen molar-refractivity contribution in [3.8, 4) is 0 Å². The van der Waals surface area contributed by atoms with Crippen molar-refractivity contribution in [2.45, 2.75) is 51.6 Å². The number of nitrogens with one attached hydrogen (secondary N) is 1. The molecule has 0 amide bonds. The number of hydrogen-bond acceptors (Lipinski definition) is 2. The number of rotatable bonds is 6. The van der Waals surface area contributed by atoms with Crippen LogP contribution in [0, 0.1) is 0 Å². The van der Waals surface area contributed by atoms with Gasteiger partial charge in [-0.2, -0.15) is 0 Å². The molecule has 1 heterocycles. The van der Waals surface area contributed by atoms with Gasteiger partial charge < -0.3 is 10.2 Å². The molecule has 1 aliphatic rings. The molecule has 0 aliphatic carbocycles. The summed E-state index contributed by atoms with van der Waals surface area (Å²) in [5, 5.41) is 3.75. The molecule has 2 nitrogen and oxygen atoms in total. The van der Waals surface area contributed by atoms with Crippen LogP contribution in [0.25, 0.3) is 0 Å². The summed E-state index contributed by atoms with van der Waals surface area (Å²) in [6.45, 7) is 6.93. The van der Waals surface area contributed by atoms with Crippen molar-refractivity contribution < 1.29 is 0 Å². The van der Waals surface area contributed by atoms with E-state index in [1.165, 1.54) is 49.9 Å². The van der Waals surface area contributed by atoms with Crippen molar-refractivity contribution in [2.75, 3.05) is 20.1 Å².